The van der Waals surface area contributed by atoms with E-state index in [1.165, 1.54) is 19.3 Å². The summed E-state index contributed by atoms with van der Waals surface area (Å²) in [5.41, 5.74) is 0. The molecule has 4 nitrogen and oxygen atoms in total. The molecule has 0 aliphatic carbocycles. The van der Waals surface area contributed by atoms with Crippen LogP contribution >= 0.6 is 0 Å². The zero-order chi connectivity index (χ0) is 10.4. The number of nitrogens with zero attached hydrogens (tertiary/aromatic N) is 1. The van der Waals surface area contributed by atoms with Crippen LogP contribution in [0.1, 0.15) is 32.6 Å². The van der Waals surface area contributed by atoms with Crippen molar-refractivity contribution < 1.29 is 14.6 Å². The second-order valence-electron chi connectivity index (χ2n) is 3.62. The van der Waals surface area contributed by atoms with Crippen LogP contribution in [0.4, 0.5) is 0 Å². The lowest BCUT2D eigenvalue weighted by Gasteiger charge is -2.19. The number of aliphatic imine (C=N–C) groups is 1. The first-order chi connectivity index (χ1) is 6.74. The smallest absolute Gasteiger partial charge is 0.391 e. The predicted octanol–water partition coefficient (Wildman–Crippen LogP) is 1.70. The van der Waals surface area contributed by atoms with E-state index < -0.39 is 5.97 Å². The van der Waals surface area contributed by atoms with Crippen LogP contribution in [0, 0.1) is 5.92 Å². The van der Waals surface area contributed by atoms with Gasteiger partial charge in [-0.25, -0.2) is 9.79 Å². The number of hydrogen-bond acceptors (Lipinski definition) is 3. The molecule has 14 heavy (non-hydrogen) atoms. The highest BCUT2D eigenvalue weighted by atomic mass is 16.5. The molecule has 80 valence electrons. The first-order valence-corrected chi connectivity index (χ1v) is 5.14. The summed E-state index contributed by atoms with van der Waals surface area (Å²) in [6, 6.07) is 0. The lowest BCUT2D eigenvalue weighted by atomic mass is 10.0. The zero-order valence-corrected chi connectivity index (χ0v) is 8.53. The third-order valence-corrected chi connectivity index (χ3v) is 2.35. The molecule has 1 atom stereocenters. The Kier molecular flexibility index (Phi) is 4.43. The third-order valence-electron chi connectivity index (χ3n) is 2.35. The van der Waals surface area contributed by atoms with Crippen molar-refractivity contribution in [3.63, 3.8) is 0 Å². The largest absolute Gasteiger partial charge is 0.474 e. The summed E-state index contributed by atoms with van der Waals surface area (Å²) in [7, 11) is 0. The minimum atomic E-state index is -1.06. The van der Waals surface area contributed by atoms with Crippen molar-refractivity contribution in [2.45, 2.75) is 32.6 Å². The SMILES string of the molecule is CCCCCC1CN=C(C(=O)O)OC1. The van der Waals surface area contributed by atoms with Crippen LogP contribution in [0.25, 0.3) is 0 Å². The number of ether oxygens (including phenoxy) is 1. The lowest BCUT2D eigenvalue weighted by Crippen LogP contribution is -2.28. The van der Waals surface area contributed by atoms with E-state index in [1.54, 1.807) is 0 Å². The molecule has 1 unspecified atom stereocenters. The molecule has 0 fully saturated rings. The number of carboxylic acids is 1. The van der Waals surface area contributed by atoms with Gasteiger partial charge in [0.25, 0.3) is 5.90 Å². The highest BCUT2D eigenvalue weighted by Crippen LogP contribution is 2.14. The minimum Gasteiger partial charge on any atom is -0.474 e. The fraction of sp³-hybridized carbons (Fsp3) is 0.800. The van der Waals surface area contributed by atoms with E-state index >= 15 is 0 Å². The van der Waals surface area contributed by atoms with Crippen molar-refractivity contribution in [2.24, 2.45) is 10.9 Å². The van der Waals surface area contributed by atoms with Crippen molar-refractivity contribution in [1.82, 2.24) is 0 Å². The number of aliphatic carboxylic acids is 1. The maximum atomic E-state index is 10.5. The quantitative estimate of drug-likeness (QED) is 0.685. The Balaban J connectivity index is 2.24. The number of unbranched alkanes of at least 4 members (excludes halogenated alkanes) is 2. The van der Waals surface area contributed by atoms with Crippen molar-refractivity contribution in [3.8, 4) is 0 Å². The van der Waals surface area contributed by atoms with Crippen molar-refractivity contribution in [1.29, 1.82) is 0 Å². The molecule has 1 N–H and O–H groups in total. The summed E-state index contributed by atoms with van der Waals surface area (Å²) in [4.78, 5) is 14.3. The first kappa shape index (κ1) is 11.0. The van der Waals surface area contributed by atoms with Gasteiger partial charge in [-0.1, -0.05) is 26.2 Å². The van der Waals surface area contributed by atoms with Gasteiger partial charge in [0.15, 0.2) is 0 Å². The van der Waals surface area contributed by atoms with Crippen molar-refractivity contribution in [2.75, 3.05) is 13.2 Å². The van der Waals surface area contributed by atoms with Crippen LogP contribution in [0.15, 0.2) is 4.99 Å². The van der Waals surface area contributed by atoms with Crippen LogP contribution in [-0.2, 0) is 9.53 Å². The Morgan fingerprint density at radius 3 is 2.93 bits per heavy atom. The van der Waals surface area contributed by atoms with Crippen LogP contribution in [0.3, 0.4) is 0 Å². The molecule has 1 aliphatic rings. The van der Waals surface area contributed by atoms with E-state index in [1.807, 2.05) is 0 Å². The molecule has 0 aromatic rings. The number of carboxylic acid groups (broad SMARTS) is 1. The highest BCUT2D eigenvalue weighted by Gasteiger charge is 2.20. The summed E-state index contributed by atoms with van der Waals surface area (Å²) in [6.07, 6.45) is 4.70. The molecule has 0 spiro atoms. The Morgan fingerprint density at radius 1 is 1.64 bits per heavy atom. The molecule has 1 aliphatic heterocycles. The molecular formula is C10H17NO3. The van der Waals surface area contributed by atoms with E-state index in [2.05, 4.69) is 11.9 Å². The molecule has 0 amide bonds. The molecule has 0 aromatic heterocycles. The standard InChI is InChI=1S/C10H17NO3/c1-2-3-4-5-8-6-11-9(10(12)13)14-7-8/h8H,2-7H2,1H3,(H,12,13). The molecule has 0 saturated heterocycles. The second-order valence-corrected chi connectivity index (χ2v) is 3.62. The summed E-state index contributed by atoms with van der Waals surface area (Å²) < 4.78 is 5.03. The summed E-state index contributed by atoms with van der Waals surface area (Å²) >= 11 is 0. The first-order valence-electron chi connectivity index (χ1n) is 5.14. The van der Waals surface area contributed by atoms with Crippen molar-refractivity contribution in [3.05, 3.63) is 0 Å². The maximum absolute atomic E-state index is 10.5. The minimum absolute atomic E-state index is 0.128. The van der Waals surface area contributed by atoms with Gasteiger partial charge >= 0.3 is 5.97 Å². The Morgan fingerprint density at radius 2 is 2.43 bits per heavy atom. The van der Waals surface area contributed by atoms with Crippen LogP contribution in [0.2, 0.25) is 0 Å². The maximum Gasteiger partial charge on any atom is 0.391 e. The van der Waals surface area contributed by atoms with E-state index in [4.69, 9.17) is 9.84 Å². The Hall–Kier alpha value is -1.06. The molecule has 0 aromatic carbocycles. The number of hydrogen-bond donors (Lipinski definition) is 1. The van der Waals surface area contributed by atoms with Gasteiger partial charge in [-0.15, -0.1) is 0 Å². The zero-order valence-electron chi connectivity index (χ0n) is 8.53. The van der Waals surface area contributed by atoms with Gasteiger partial charge in [-0.05, 0) is 6.42 Å². The average molecular weight is 199 g/mol. The predicted molar refractivity (Wildman–Crippen MR) is 53.5 cm³/mol. The Labute approximate surface area is 84.0 Å². The lowest BCUT2D eigenvalue weighted by molar-refractivity contribution is -0.131. The summed E-state index contributed by atoms with van der Waals surface area (Å²) in [6.45, 7) is 3.28. The number of rotatable bonds is 5. The topological polar surface area (TPSA) is 58.9 Å². The van der Waals surface area contributed by atoms with Gasteiger partial charge in [0.05, 0.1) is 6.61 Å². The molecule has 1 rings (SSSR count). The summed E-state index contributed by atoms with van der Waals surface area (Å²) in [5.74, 6) is -0.779. The third kappa shape index (κ3) is 3.36. The molecule has 0 saturated carbocycles. The second kappa shape index (κ2) is 5.62. The van der Waals surface area contributed by atoms with Crippen molar-refractivity contribution >= 4 is 11.9 Å². The average Bonchev–Trinajstić information content (AvgIpc) is 2.19. The van der Waals surface area contributed by atoms with Gasteiger partial charge < -0.3 is 9.84 Å². The van der Waals surface area contributed by atoms with Crippen LogP contribution < -0.4 is 0 Å². The van der Waals surface area contributed by atoms with Gasteiger partial charge in [-0.3, -0.25) is 0 Å². The van der Waals surface area contributed by atoms with Gasteiger partial charge in [0.1, 0.15) is 0 Å². The molecule has 4 heteroatoms. The van der Waals surface area contributed by atoms with Gasteiger partial charge in [0.2, 0.25) is 0 Å². The van der Waals surface area contributed by atoms with E-state index in [0.717, 1.165) is 6.42 Å². The Bertz CT molecular complexity index is 225. The van der Waals surface area contributed by atoms with Gasteiger partial charge in [0, 0.05) is 12.5 Å². The fourth-order valence-electron chi connectivity index (χ4n) is 1.49. The summed E-state index contributed by atoms with van der Waals surface area (Å²) in [5, 5.41) is 8.58. The van der Waals surface area contributed by atoms with Crippen LogP contribution in [-0.4, -0.2) is 30.1 Å². The van der Waals surface area contributed by atoms with E-state index in [-0.39, 0.29) is 5.90 Å². The van der Waals surface area contributed by atoms with Crippen LogP contribution in [0.5, 0.6) is 0 Å². The van der Waals surface area contributed by atoms with E-state index in [9.17, 15) is 4.79 Å². The highest BCUT2D eigenvalue weighted by molar-refractivity contribution is 6.31. The monoisotopic (exact) mass is 199 g/mol. The molecular weight excluding hydrogens is 182 g/mol. The molecule has 1 heterocycles. The molecule has 0 bridgehead atoms. The molecule has 0 radical (unpaired) electrons. The fourth-order valence-corrected chi connectivity index (χ4v) is 1.49. The number of carbonyl (C=O) groups is 1. The van der Waals surface area contributed by atoms with Gasteiger partial charge in [-0.2, -0.15) is 0 Å². The van der Waals surface area contributed by atoms with E-state index in [0.29, 0.717) is 19.1 Å². The normalized spacial score (nSPS) is 21.2.